The number of hydrogen-bond acceptors (Lipinski definition) is 4. The Morgan fingerprint density at radius 2 is 2.14 bits per heavy atom. The summed E-state index contributed by atoms with van der Waals surface area (Å²) in [6.07, 6.45) is 2.93. The van der Waals surface area contributed by atoms with E-state index in [0.717, 1.165) is 5.56 Å². The zero-order valence-electron chi connectivity index (χ0n) is 13.0. The maximum Gasteiger partial charge on any atom is 0.270 e. The van der Waals surface area contributed by atoms with E-state index in [-0.39, 0.29) is 11.5 Å². The zero-order chi connectivity index (χ0) is 16.3. The fraction of sp³-hybridized carbons (Fsp3) is 0.438. The zero-order valence-corrected chi connectivity index (χ0v) is 13.0. The minimum absolute atomic E-state index is 0.00198. The van der Waals surface area contributed by atoms with Gasteiger partial charge < -0.3 is 10.4 Å². The van der Waals surface area contributed by atoms with Crippen LogP contribution >= 0.6 is 0 Å². The van der Waals surface area contributed by atoms with Gasteiger partial charge in [0.1, 0.15) is 11.2 Å². The summed E-state index contributed by atoms with van der Waals surface area (Å²) >= 11 is 0. The largest absolute Gasteiger partial charge is 0.393 e. The molecule has 0 aliphatic heterocycles. The standard InChI is InChI=1S/C16H21N3O3/c1-10(2)13(20)6-7-17-15(21)12-8-18-14-5-4-11(3)9-19(14)16(12)22/h4-5,8-10,13,20H,6-7H2,1-3H3,(H,17,21). The van der Waals surface area contributed by atoms with Crippen molar-refractivity contribution in [2.75, 3.05) is 6.54 Å². The molecule has 0 radical (unpaired) electrons. The van der Waals surface area contributed by atoms with Crippen LogP contribution in [0.25, 0.3) is 5.65 Å². The van der Waals surface area contributed by atoms with E-state index in [4.69, 9.17) is 0 Å². The summed E-state index contributed by atoms with van der Waals surface area (Å²) in [7, 11) is 0. The van der Waals surface area contributed by atoms with E-state index < -0.39 is 17.6 Å². The summed E-state index contributed by atoms with van der Waals surface area (Å²) in [5.74, 6) is -0.336. The minimum Gasteiger partial charge on any atom is -0.393 e. The molecule has 0 bridgehead atoms. The summed E-state index contributed by atoms with van der Waals surface area (Å²) in [5, 5.41) is 12.4. The number of fused-ring (bicyclic) bond motifs is 1. The highest BCUT2D eigenvalue weighted by Gasteiger charge is 2.14. The van der Waals surface area contributed by atoms with Gasteiger partial charge in [0.15, 0.2) is 0 Å². The number of aromatic nitrogens is 2. The second-order valence-electron chi connectivity index (χ2n) is 5.77. The molecule has 1 amide bonds. The van der Waals surface area contributed by atoms with E-state index >= 15 is 0 Å². The first kappa shape index (κ1) is 16.2. The maximum absolute atomic E-state index is 12.3. The summed E-state index contributed by atoms with van der Waals surface area (Å²) in [6.45, 7) is 6.00. The minimum atomic E-state index is -0.473. The van der Waals surface area contributed by atoms with Crippen LogP contribution < -0.4 is 10.9 Å². The van der Waals surface area contributed by atoms with Crippen LogP contribution in [0.3, 0.4) is 0 Å². The van der Waals surface area contributed by atoms with E-state index in [2.05, 4.69) is 10.3 Å². The van der Waals surface area contributed by atoms with Crippen LogP contribution in [-0.2, 0) is 0 Å². The van der Waals surface area contributed by atoms with Crippen LogP contribution in [-0.4, -0.2) is 33.0 Å². The lowest BCUT2D eigenvalue weighted by molar-refractivity contribution is 0.0918. The first-order valence-electron chi connectivity index (χ1n) is 7.34. The topological polar surface area (TPSA) is 83.7 Å². The molecular weight excluding hydrogens is 282 g/mol. The molecule has 0 aromatic carbocycles. The molecule has 0 spiro atoms. The lowest BCUT2D eigenvalue weighted by Gasteiger charge is -2.14. The Kier molecular flexibility index (Phi) is 4.92. The van der Waals surface area contributed by atoms with E-state index in [1.165, 1.54) is 10.6 Å². The van der Waals surface area contributed by atoms with Crippen LogP contribution in [0.2, 0.25) is 0 Å². The van der Waals surface area contributed by atoms with Crippen molar-refractivity contribution in [3.05, 3.63) is 46.0 Å². The summed E-state index contributed by atoms with van der Waals surface area (Å²) < 4.78 is 1.37. The van der Waals surface area contributed by atoms with E-state index in [9.17, 15) is 14.7 Å². The highest BCUT2D eigenvalue weighted by Crippen LogP contribution is 2.05. The van der Waals surface area contributed by atoms with Crippen LogP contribution in [0.4, 0.5) is 0 Å². The molecule has 1 atom stereocenters. The SMILES string of the molecule is Cc1ccc2ncc(C(=O)NCCC(O)C(C)C)c(=O)n2c1. The third-order valence-electron chi connectivity index (χ3n) is 3.59. The van der Waals surface area contributed by atoms with Crippen LogP contribution in [0, 0.1) is 12.8 Å². The number of carbonyl (C=O) groups is 1. The van der Waals surface area contributed by atoms with Crippen molar-refractivity contribution in [2.45, 2.75) is 33.3 Å². The van der Waals surface area contributed by atoms with Crippen molar-refractivity contribution >= 4 is 11.6 Å². The number of aliphatic hydroxyl groups is 1. The monoisotopic (exact) mass is 303 g/mol. The van der Waals surface area contributed by atoms with Crippen LogP contribution in [0.1, 0.15) is 36.2 Å². The predicted octanol–water partition coefficient (Wildman–Crippen LogP) is 1.14. The van der Waals surface area contributed by atoms with Gasteiger partial charge in [0.05, 0.1) is 6.10 Å². The molecule has 0 aliphatic rings. The second-order valence-corrected chi connectivity index (χ2v) is 5.77. The van der Waals surface area contributed by atoms with Gasteiger partial charge in [-0.25, -0.2) is 4.98 Å². The number of aliphatic hydroxyl groups excluding tert-OH is 1. The highest BCUT2D eigenvalue weighted by molar-refractivity contribution is 5.93. The molecule has 0 saturated carbocycles. The van der Waals surface area contributed by atoms with E-state index in [1.807, 2.05) is 26.8 Å². The molecule has 1 unspecified atom stereocenters. The fourth-order valence-corrected chi connectivity index (χ4v) is 2.10. The summed E-state index contributed by atoms with van der Waals surface area (Å²) in [4.78, 5) is 28.6. The number of amides is 1. The molecule has 2 aromatic heterocycles. The van der Waals surface area contributed by atoms with Gasteiger partial charge in [-0.15, -0.1) is 0 Å². The van der Waals surface area contributed by atoms with Crippen LogP contribution in [0.15, 0.2) is 29.3 Å². The first-order chi connectivity index (χ1) is 10.4. The Morgan fingerprint density at radius 1 is 1.41 bits per heavy atom. The lowest BCUT2D eigenvalue weighted by atomic mass is 10.0. The number of rotatable bonds is 5. The second kappa shape index (κ2) is 6.70. The van der Waals surface area contributed by atoms with Gasteiger partial charge in [-0.1, -0.05) is 19.9 Å². The molecule has 118 valence electrons. The Morgan fingerprint density at radius 3 is 2.82 bits per heavy atom. The number of aryl methyl sites for hydroxylation is 1. The predicted molar refractivity (Wildman–Crippen MR) is 84.0 cm³/mol. The number of carbonyl (C=O) groups excluding carboxylic acids is 1. The summed E-state index contributed by atoms with van der Waals surface area (Å²) in [5.41, 5.74) is 1.02. The highest BCUT2D eigenvalue weighted by atomic mass is 16.3. The molecular formula is C16H21N3O3. The van der Waals surface area contributed by atoms with Gasteiger partial charge in [-0.3, -0.25) is 14.0 Å². The molecule has 2 rings (SSSR count). The number of pyridine rings is 1. The molecule has 2 heterocycles. The molecule has 0 saturated heterocycles. The smallest absolute Gasteiger partial charge is 0.270 e. The van der Waals surface area contributed by atoms with E-state index in [0.29, 0.717) is 18.6 Å². The van der Waals surface area contributed by atoms with E-state index in [1.54, 1.807) is 12.3 Å². The van der Waals surface area contributed by atoms with Crippen molar-refractivity contribution in [2.24, 2.45) is 5.92 Å². The number of nitrogens with zero attached hydrogens (tertiary/aromatic N) is 2. The van der Waals surface area contributed by atoms with Gasteiger partial charge in [-0.2, -0.15) is 0 Å². The van der Waals surface area contributed by atoms with Crippen molar-refractivity contribution in [3.63, 3.8) is 0 Å². The normalized spacial score (nSPS) is 12.6. The fourth-order valence-electron chi connectivity index (χ4n) is 2.10. The van der Waals surface area contributed by atoms with Crippen molar-refractivity contribution in [3.8, 4) is 0 Å². The number of hydrogen-bond donors (Lipinski definition) is 2. The quantitative estimate of drug-likeness (QED) is 0.867. The average molecular weight is 303 g/mol. The molecule has 2 aromatic rings. The first-order valence-corrected chi connectivity index (χ1v) is 7.34. The Hall–Kier alpha value is -2.21. The molecule has 22 heavy (non-hydrogen) atoms. The Labute approximate surface area is 128 Å². The summed E-state index contributed by atoms with van der Waals surface area (Å²) in [6, 6.07) is 3.59. The van der Waals surface area contributed by atoms with Gasteiger partial charge in [0, 0.05) is 18.9 Å². The van der Waals surface area contributed by atoms with Crippen LogP contribution in [0.5, 0.6) is 0 Å². The number of nitrogens with one attached hydrogen (secondary N) is 1. The lowest BCUT2D eigenvalue weighted by Crippen LogP contribution is -2.33. The average Bonchev–Trinajstić information content (AvgIpc) is 2.47. The maximum atomic E-state index is 12.3. The van der Waals surface area contributed by atoms with Gasteiger partial charge in [0.25, 0.3) is 11.5 Å². The molecule has 2 N–H and O–H groups in total. The molecule has 6 nitrogen and oxygen atoms in total. The Balaban J connectivity index is 2.15. The molecule has 6 heteroatoms. The van der Waals surface area contributed by atoms with Crippen molar-refractivity contribution < 1.29 is 9.90 Å². The third-order valence-corrected chi connectivity index (χ3v) is 3.59. The third kappa shape index (κ3) is 3.51. The Bertz CT molecular complexity index is 737. The molecule has 0 fully saturated rings. The van der Waals surface area contributed by atoms with Gasteiger partial charge >= 0.3 is 0 Å². The van der Waals surface area contributed by atoms with Crippen molar-refractivity contribution in [1.29, 1.82) is 0 Å². The van der Waals surface area contributed by atoms with Gasteiger partial charge in [-0.05, 0) is 30.9 Å². The van der Waals surface area contributed by atoms with Crippen molar-refractivity contribution in [1.82, 2.24) is 14.7 Å². The molecule has 0 aliphatic carbocycles. The van der Waals surface area contributed by atoms with Gasteiger partial charge in [0.2, 0.25) is 0 Å².